The SMILES string of the molecule is CC[C@@H](NC(=O)N1CCc2cnc(C[C@@H](C)CO)nc2C1)c1ccc(OC(F)(F)F)c(Cl)c1. The molecule has 0 bridgehead atoms. The Hall–Kier alpha value is -2.59. The number of halogens is 4. The van der Waals surface area contributed by atoms with Crippen molar-refractivity contribution in [2.75, 3.05) is 13.2 Å². The van der Waals surface area contributed by atoms with Crippen LogP contribution in [-0.2, 0) is 19.4 Å². The molecule has 0 saturated carbocycles. The summed E-state index contributed by atoms with van der Waals surface area (Å²) in [6, 6.07) is 3.22. The first-order chi connectivity index (χ1) is 15.6. The number of aliphatic hydroxyl groups excluding tert-OH is 1. The first-order valence-corrected chi connectivity index (χ1v) is 11.0. The number of ether oxygens (including phenoxy) is 1. The minimum absolute atomic E-state index is 0.0381. The summed E-state index contributed by atoms with van der Waals surface area (Å²) in [5.74, 6) is 0.170. The number of amides is 2. The van der Waals surface area contributed by atoms with Crippen LogP contribution in [0.5, 0.6) is 5.75 Å². The number of aliphatic hydroxyl groups is 1. The van der Waals surface area contributed by atoms with Crippen LogP contribution < -0.4 is 10.1 Å². The van der Waals surface area contributed by atoms with E-state index in [0.29, 0.717) is 43.7 Å². The Balaban J connectivity index is 1.68. The average Bonchev–Trinajstić information content (AvgIpc) is 2.77. The van der Waals surface area contributed by atoms with Crippen molar-refractivity contribution in [3.8, 4) is 5.75 Å². The number of carbonyl (C=O) groups is 1. The molecule has 33 heavy (non-hydrogen) atoms. The van der Waals surface area contributed by atoms with E-state index in [-0.39, 0.29) is 23.6 Å². The predicted octanol–water partition coefficient (Wildman–Crippen LogP) is 4.42. The van der Waals surface area contributed by atoms with Crippen molar-refractivity contribution >= 4 is 17.6 Å². The molecule has 2 atom stereocenters. The highest BCUT2D eigenvalue weighted by atomic mass is 35.5. The normalized spacial score (nSPS) is 15.5. The first kappa shape index (κ1) is 25.0. The molecule has 1 aromatic carbocycles. The largest absolute Gasteiger partial charge is 0.573 e. The van der Waals surface area contributed by atoms with Crippen molar-refractivity contribution in [2.45, 2.75) is 52.1 Å². The fourth-order valence-corrected chi connectivity index (χ4v) is 3.82. The van der Waals surface area contributed by atoms with Gasteiger partial charge < -0.3 is 20.1 Å². The van der Waals surface area contributed by atoms with Crippen LogP contribution in [0.1, 0.15) is 49.0 Å². The third-order valence-electron chi connectivity index (χ3n) is 5.42. The number of nitrogens with one attached hydrogen (secondary N) is 1. The Bertz CT molecular complexity index is 990. The highest BCUT2D eigenvalue weighted by Crippen LogP contribution is 2.33. The topological polar surface area (TPSA) is 87.6 Å². The van der Waals surface area contributed by atoms with E-state index < -0.39 is 18.2 Å². The minimum atomic E-state index is -4.84. The van der Waals surface area contributed by atoms with Crippen molar-refractivity contribution in [1.82, 2.24) is 20.2 Å². The van der Waals surface area contributed by atoms with Gasteiger partial charge in [0.05, 0.1) is 23.3 Å². The van der Waals surface area contributed by atoms with Gasteiger partial charge in [0.2, 0.25) is 0 Å². The van der Waals surface area contributed by atoms with Crippen LogP contribution in [0.4, 0.5) is 18.0 Å². The number of nitrogens with zero attached hydrogens (tertiary/aromatic N) is 3. The number of alkyl halides is 3. The average molecular weight is 487 g/mol. The van der Waals surface area contributed by atoms with Gasteiger partial charge in [0, 0.05) is 25.8 Å². The lowest BCUT2D eigenvalue weighted by Crippen LogP contribution is -2.44. The molecule has 1 aliphatic rings. The summed E-state index contributed by atoms with van der Waals surface area (Å²) in [7, 11) is 0. The summed E-state index contributed by atoms with van der Waals surface area (Å²) >= 11 is 5.96. The van der Waals surface area contributed by atoms with Crippen LogP contribution in [-0.4, -0.2) is 45.5 Å². The van der Waals surface area contributed by atoms with Gasteiger partial charge in [-0.05, 0) is 42.0 Å². The van der Waals surface area contributed by atoms with Crippen molar-refractivity contribution in [3.05, 3.63) is 52.1 Å². The molecule has 1 aromatic heterocycles. The molecule has 0 saturated heterocycles. The molecule has 2 amide bonds. The molecule has 2 aromatic rings. The number of benzene rings is 1. The monoisotopic (exact) mass is 486 g/mol. The second-order valence-corrected chi connectivity index (χ2v) is 8.48. The lowest BCUT2D eigenvalue weighted by Gasteiger charge is -2.30. The highest BCUT2D eigenvalue weighted by molar-refractivity contribution is 6.32. The number of urea groups is 1. The number of hydrogen-bond donors (Lipinski definition) is 2. The zero-order chi connectivity index (χ0) is 24.2. The van der Waals surface area contributed by atoms with Gasteiger partial charge in [-0.15, -0.1) is 13.2 Å². The van der Waals surface area contributed by atoms with E-state index in [1.807, 2.05) is 13.8 Å². The minimum Gasteiger partial charge on any atom is -0.404 e. The summed E-state index contributed by atoms with van der Waals surface area (Å²) in [6.07, 6.45) is -1.39. The van der Waals surface area contributed by atoms with Crippen molar-refractivity contribution in [2.24, 2.45) is 5.92 Å². The van der Waals surface area contributed by atoms with Gasteiger partial charge in [0.1, 0.15) is 11.6 Å². The Kier molecular flexibility index (Phi) is 8.01. The van der Waals surface area contributed by atoms with Crippen molar-refractivity contribution < 1.29 is 27.8 Å². The maximum Gasteiger partial charge on any atom is 0.573 e. The lowest BCUT2D eigenvalue weighted by molar-refractivity contribution is -0.274. The van der Waals surface area contributed by atoms with Gasteiger partial charge in [0.25, 0.3) is 0 Å². The van der Waals surface area contributed by atoms with Crippen molar-refractivity contribution in [3.63, 3.8) is 0 Å². The van der Waals surface area contributed by atoms with Crippen LogP contribution >= 0.6 is 11.6 Å². The zero-order valence-electron chi connectivity index (χ0n) is 18.3. The molecule has 0 spiro atoms. The molecule has 2 heterocycles. The van der Waals surface area contributed by atoms with Gasteiger partial charge in [-0.1, -0.05) is 31.5 Å². The van der Waals surface area contributed by atoms with Crippen LogP contribution in [0.3, 0.4) is 0 Å². The maximum atomic E-state index is 12.9. The molecule has 11 heteroatoms. The third-order valence-corrected chi connectivity index (χ3v) is 5.71. The molecule has 0 unspecified atom stereocenters. The molecular weight excluding hydrogens is 461 g/mol. The van der Waals surface area contributed by atoms with E-state index in [0.717, 1.165) is 17.3 Å². The molecule has 0 radical (unpaired) electrons. The molecule has 180 valence electrons. The summed E-state index contributed by atoms with van der Waals surface area (Å²) in [6.45, 7) is 4.61. The Morgan fingerprint density at radius 2 is 2.15 bits per heavy atom. The van der Waals surface area contributed by atoms with E-state index in [1.165, 1.54) is 12.1 Å². The van der Waals surface area contributed by atoms with Crippen LogP contribution in [0, 0.1) is 5.92 Å². The van der Waals surface area contributed by atoms with E-state index >= 15 is 0 Å². The number of rotatable bonds is 7. The van der Waals surface area contributed by atoms with Gasteiger partial charge in [0.15, 0.2) is 0 Å². The first-order valence-electron chi connectivity index (χ1n) is 10.6. The summed E-state index contributed by atoms with van der Waals surface area (Å²) in [4.78, 5) is 23.5. The molecular formula is C22H26ClF3N4O3. The van der Waals surface area contributed by atoms with Gasteiger partial charge in [-0.25, -0.2) is 14.8 Å². The maximum absolute atomic E-state index is 12.9. The smallest absolute Gasteiger partial charge is 0.404 e. The van der Waals surface area contributed by atoms with E-state index in [1.54, 1.807) is 11.1 Å². The number of carbonyl (C=O) groups excluding carboxylic acids is 1. The van der Waals surface area contributed by atoms with Crippen LogP contribution in [0.25, 0.3) is 0 Å². The van der Waals surface area contributed by atoms with Gasteiger partial charge >= 0.3 is 12.4 Å². The molecule has 2 N–H and O–H groups in total. The zero-order valence-corrected chi connectivity index (χ0v) is 19.1. The fourth-order valence-electron chi connectivity index (χ4n) is 3.60. The predicted molar refractivity (Wildman–Crippen MR) is 116 cm³/mol. The fraction of sp³-hybridized carbons (Fsp3) is 0.500. The number of aromatic nitrogens is 2. The Morgan fingerprint density at radius 1 is 1.39 bits per heavy atom. The Morgan fingerprint density at radius 3 is 2.79 bits per heavy atom. The van der Waals surface area contributed by atoms with Crippen LogP contribution in [0.2, 0.25) is 5.02 Å². The standard InChI is InChI=1S/C22H26ClF3N4O3/c1-3-17(14-4-5-19(16(23)9-14)33-22(24,25)26)29-21(32)30-7-6-15-10-27-20(8-13(2)12-31)28-18(15)11-30/h4-5,9-10,13,17,31H,3,6-8,11-12H2,1-2H3,(H,29,32)/t13-,17-/m1/s1. The number of hydrogen-bond acceptors (Lipinski definition) is 5. The lowest BCUT2D eigenvalue weighted by atomic mass is 10.0. The van der Waals surface area contributed by atoms with Gasteiger partial charge in [-0.3, -0.25) is 0 Å². The van der Waals surface area contributed by atoms with Gasteiger partial charge in [-0.2, -0.15) is 0 Å². The van der Waals surface area contributed by atoms with Crippen molar-refractivity contribution in [1.29, 1.82) is 0 Å². The highest BCUT2D eigenvalue weighted by Gasteiger charge is 2.32. The van der Waals surface area contributed by atoms with E-state index in [4.69, 9.17) is 11.6 Å². The quantitative estimate of drug-likeness (QED) is 0.605. The molecule has 3 rings (SSSR count). The number of fused-ring (bicyclic) bond motifs is 1. The summed E-state index contributed by atoms with van der Waals surface area (Å²) in [5, 5.41) is 12.0. The molecule has 0 fully saturated rings. The summed E-state index contributed by atoms with van der Waals surface area (Å²) < 4.78 is 41.3. The van der Waals surface area contributed by atoms with Crippen LogP contribution in [0.15, 0.2) is 24.4 Å². The molecule has 1 aliphatic heterocycles. The summed E-state index contributed by atoms with van der Waals surface area (Å²) in [5.41, 5.74) is 2.33. The second-order valence-electron chi connectivity index (χ2n) is 8.07. The third kappa shape index (κ3) is 6.70. The second kappa shape index (κ2) is 10.6. The Labute approximate surface area is 194 Å². The van der Waals surface area contributed by atoms with E-state index in [2.05, 4.69) is 20.0 Å². The van der Waals surface area contributed by atoms with E-state index in [9.17, 15) is 23.1 Å². The molecule has 7 nitrogen and oxygen atoms in total. The molecule has 0 aliphatic carbocycles.